The predicted octanol–water partition coefficient (Wildman–Crippen LogP) is 1.50. The van der Waals surface area contributed by atoms with Crippen LogP contribution in [0.15, 0.2) is 17.3 Å². The molecule has 5 nitrogen and oxygen atoms in total. The van der Waals surface area contributed by atoms with E-state index in [0.29, 0.717) is 6.42 Å². The minimum atomic E-state index is -0.257. The van der Waals surface area contributed by atoms with Gasteiger partial charge in [0.2, 0.25) is 0 Å². The number of fused-ring (bicyclic) bond motifs is 1. The maximum atomic E-state index is 9.09. The van der Waals surface area contributed by atoms with Gasteiger partial charge in [-0.2, -0.15) is 0 Å². The summed E-state index contributed by atoms with van der Waals surface area (Å²) < 4.78 is 11.2. The molecule has 3 rings (SSSR count). The fourth-order valence-electron chi connectivity index (χ4n) is 2.52. The Kier molecular flexibility index (Phi) is 3.06. The summed E-state index contributed by atoms with van der Waals surface area (Å²) in [5.41, 5.74) is 2.83. The van der Waals surface area contributed by atoms with Crippen molar-refractivity contribution in [2.24, 2.45) is 5.16 Å². The highest BCUT2D eigenvalue weighted by Crippen LogP contribution is 2.36. The van der Waals surface area contributed by atoms with Gasteiger partial charge in [-0.15, -0.1) is 0 Å². The van der Waals surface area contributed by atoms with Crippen molar-refractivity contribution in [3.63, 3.8) is 0 Å². The Bertz CT molecular complexity index is 526. The fraction of sp³-hybridized carbons (Fsp3) is 0.500. The highest BCUT2D eigenvalue weighted by atomic mass is 16.6. The molecule has 0 radical (unpaired) electrons. The first-order valence-corrected chi connectivity index (χ1v) is 6.42. The molecule has 5 heteroatoms. The van der Waals surface area contributed by atoms with Gasteiger partial charge in [0.15, 0.2) is 6.10 Å². The average Bonchev–Trinajstić information content (AvgIpc) is 3.01. The maximum Gasteiger partial charge on any atom is 0.156 e. The summed E-state index contributed by atoms with van der Waals surface area (Å²) in [6.45, 7) is 2.01. The van der Waals surface area contributed by atoms with Crippen molar-refractivity contribution in [2.75, 3.05) is 13.7 Å². The van der Waals surface area contributed by atoms with Gasteiger partial charge < -0.3 is 19.4 Å². The molecular formula is C14H17NO4. The first kappa shape index (κ1) is 12.3. The number of oxime groups is 1. The van der Waals surface area contributed by atoms with Crippen LogP contribution >= 0.6 is 0 Å². The summed E-state index contributed by atoms with van der Waals surface area (Å²) >= 11 is 0. The molecule has 0 amide bonds. The van der Waals surface area contributed by atoms with Gasteiger partial charge in [-0.05, 0) is 19.1 Å². The Hall–Kier alpha value is -1.75. The second-order valence-corrected chi connectivity index (χ2v) is 4.94. The lowest BCUT2D eigenvalue weighted by Gasteiger charge is -2.10. The van der Waals surface area contributed by atoms with E-state index in [-0.39, 0.29) is 18.8 Å². The zero-order valence-corrected chi connectivity index (χ0v) is 11.0. The normalized spacial score (nSPS) is 24.5. The van der Waals surface area contributed by atoms with Gasteiger partial charge in [0.1, 0.15) is 17.6 Å². The van der Waals surface area contributed by atoms with Crippen LogP contribution in [0.3, 0.4) is 0 Å². The topological polar surface area (TPSA) is 60.3 Å². The monoisotopic (exact) mass is 263 g/mol. The molecule has 0 aromatic heterocycles. The SMILES string of the molecule is COc1cc2c(cc1C1=NOC(CO)C1)OC(C)C2. The molecular weight excluding hydrogens is 246 g/mol. The van der Waals surface area contributed by atoms with Crippen LogP contribution < -0.4 is 9.47 Å². The Morgan fingerprint density at radius 3 is 2.95 bits per heavy atom. The maximum absolute atomic E-state index is 9.09. The zero-order valence-electron chi connectivity index (χ0n) is 11.0. The van der Waals surface area contributed by atoms with E-state index in [2.05, 4.69) is 5.16 Å². The molecule has 0 saturated heterocycles. The second-order valence-electron chi connectivity index (χ2n) is 4.94. The lowest BCUT2D eigenvalue weighted by molar-refractivity contribution is 0.0390. The zero-order chi connectivity index (χ0) is 13.4. The number of hydrogen-bond acceptors (Lipinski definition) is 5. The Morgan fingerprint density at radius 2 is 2.26 bits per heavy atom. The molecule has 19 heavy (non-hydrogen) atoms. The number of methoxy groups -OCH3 is 1. The molecule has 0 spiro atoms. The number of hydrogen-bond donors (Lipinski definition) is 1. The first-order valence-electron chi connectivity index (χ1n) is 6.42. The van der Waals surface area contributed by atoms with Crippen LogP contribution in [0.2, 0.25) is 0 Å². The van der Waals surface area contributed by atoms with Crippen LogP contribution in [0.1, 0.15) is 24.5 Å². The lowest BCUT2D eigenvalue weighted by atomic mass is 10.0. The molecule has 2 aliphatic rings. The second kappa shape index (κ2) is 4.74. The molecule has 1 N–H and O–H groups in total. The van der Waals surface area contributed by atoms with E-state index >= 15 is 0 Å². The van der Waals surface area contributed by atoms with Crippen LogP contribution in [-0.2, 0) is 11.3 Å². The van der Waals surface area contributed by atoms with Gasteiger partial charge in [-0.3, -0.25) is 0 Å². The lowest BCUT2D eigenvalue weighted by Crippen LogP contribution is -2.13. The predicted molar refractivity (Wildman–Crippen MR) is 69.9 cm³/mol. The van der Waals surface area contributed by atoms with Crippen molar-refractivity contribution in [1.82, 2.24) is 0 Å². The summed E-state index contributed by atoms with van der Waals surface area (Å²) in [7, 11) is 1.64. The molecule has 0 aliphatic carbocycles. The van der Waals surface area contributed by atoms with Crippen LogP contribution in [0.4, 0.5) is 0 Å². The van der Waals surface area contributed by atoms with Crippen molar-refractivity contribution >= 4 is 5.71 Å². The molecule has 2 unspecified atom stereocenters. The summed E-state index contributed by atoms with van der Waals surface area (Å²) in [6.07, 6.45) is 1.42. The summed E-state index contributed by atoms with van der Waals surface area (Å²) in [5.74, 6) is 1.66. The van der Waals surface area contributed by atoms with Gasteiger partial charge in [0, 0.05) is 24.0 Å². The minimum Gasteiger partial charge on any atom is -0.496 e. The van der Waals surface area contributed by atoms with E-state index in [0.717, 1.165) is 34.8 Å². The molecule has 2 atom stereocenters. The molecule has 2 aliphatic heterocycles. The number of nitrogens with zero attached hydrogens (tertiary/aromatic N) is 1. The number of aliphatic hydroxyl groups is 1. The number of aliphatic hydroxyl groups excluding tert-OH is 1. The van der Waals surface area contributed by atoms with E-state index < -0.39 is 0 Å². The van der Waals surface area contributed by atoms with Crippen LogP contribution in [-0.4, -0.2) is 36.7 Å². The summed E-state index contributed by atoms with van der Waals surface area (Å²) in [6, 6.07) is 3.96. The Labute approximate surface area is 111 Å². The molecule has 0 fully saturated rings. The van der Waals surface area contributed by atoms with E-state index in [1.54, 1.807) is 7.11 Å². The summed E-state index contributed by atoms with van der Waals surface area (Å²) in [4.78, 5) is 5.15. The van der Waals surface area contributed by atoms with Gasteiger partial charge >= 0.3 is 0 Å². The first-order chi connectivity index (χ1) is 9.21. The number of benzene rings is 1. The number of ether oxygens (including phenoxy) is 2. The molecule has 1 aromatic rings. The van der Waals surface area contributed by atoms with E-state index in [1.165, 1.54) is 0 Å². The van der Waals surface area contributed by atoms with Crippen molar-refractivity contribution in [1.29, 1.82) is 0 Å². The average molecular weight is 263 g/mol. The van der Waals surface area contributed by atoms with Crippen molar-refractivity contribution in [3.8, 4) is 11.5 Å². The van der Waals surface area contributed by atoms with Gasteiger partial charge in [-0.1, -0.05) is 5.16 Å². The third-order valence-electron chi connectivity index (χ3n) is 3.47. The van der Waals surface area contributed by atoms with Crippen LogP contribution in [0.25, 0.3) is 0 Å². The number of rotatable bonds is 3. The largest absolute Gasteiger partial charge is 0.496 e. The van der Waals surface area contributed by atoms with Gasteiger partial charge in [-0.25, -0.2) is 0 Å². The molecule has 102 valence electrons. The van der Waals surface area contributed by atoms with E-state index in [4.69, 9.17) is 19.4 Å². The van der Waals surface area contributed by atoms with Crippen molar-refractivity contribution in [2.45, 2.75) is 32.0 Å². The third kappa shape index (κ3) is 2.14. The van der Waals surface area contributed by atoms with Crippen molar-refractivity contribution in [3.05, 3.63) is 23.3 Å². The molecule has 1 aromatic carbocycles. The highest BCUT2D eigenvalue weighted by molar-refractivity contribution is 6.04. The van der Waals surface area contributed by atoms with Gasteiger partial charge in [0.25, 0.3) is 0 Å². The Morgan fingerprint density at radius 1 is 1.42 bits per heavy atom. The van der Waals surface area contributed by atoms with Crippen molar-refractivity contribution < 1.29 is 19.4 Å². The van der Waals surface area contributed by atoms with E-state index in [9.17, 15) is 0 Å². The highest BCUT2D eigenvalue weighted by Gasteiger charge is 2.27. The third-order valence-corrected chi connectivity index (χ3v) is 3.47. The minimum absolute atomic E-state index is 0.0339. The molecule has 0 bridgehead atoms. The van der Waals surface area contributed by atoms with Gasteiger partial charge in [0.05, 0.1) is 19.4 Å². The standard InChI is InChI=1S/C14H17NO4/c1-8-3-9-4-14(17-2)11(6-13(9)18-8)12-5-10(7-16)19-15-12/h4,6,8,10,16H,3,5,7H2,1-2H3. The van der Waals surface area contributed by atoms with E-state index in [1.807, 2.05) is 19.1 Å². The van der Waals surface area contributed by atoms with Crippen LogP contribution in [0, 0.1) is 0 Å². The Balaban J connectivity index is 1.96. The smallest absolute Gasteiger partial charge is 0.156 e. The molecule has 2 heterocycles. The quantitative estimate of drug-likeness (QED) is 0.898. The fourth-order valence-corrected chi connectivity index (χ4v) is 2.52. The summed E-state index contributed by atoms with van der Waals surface area (Å²) in [5, 5.41) is 13.1. The van der Waals surface area contributed by atoms with Crippen LogP contribution in [0.5, 0.6) is 11.5 Å². The molecule has 0 saturated carbocycles.